The van der Waals surface area contributed by atoms with Crippen molar-refractivity contribution in [3.8, 4) is 11.5 Å². The van der Waals surface area contributed by atoms with Gasteiger partial charge in [-0.25, -0.2) is 0 Å². The number of benzene rings is 2. The molecule has 5 rings (SSSR count). The molecule has 2 fully saturated rings. The summed E-state index contributed by atoms with van der Waals surface area (Å²) in [6.07, 6.45) is 4.68. The van der Waals surface area contributed by atoms with E-state index in [2.05, 4.69) is 16.3 Å². The Morgan fingerprint density at radius 3 is 2.77 bits per heavy atom. The minimum absolute atomic E-state index is 0.0303. The van der Waals surface area contributed by atoms with Gasteiger partial charge in [0.15, 0.2) is 11.5 Å². The first-order valence-corrected chi connectivity index (χ1v) is 11.2. The molecule has 1 amide bonds. The zero-order chi connectivity index (χ0) is 21.4. The minimum atomic E-state index is -0.663. The van der Waals surface area contributed by atoms with Crippen LogP contribution >= 0.6 is 0 Å². The van der Waals surface area contributed by atoms with Crippen molar-refractivity contribution in [3.05, 3.63) is 53.6 Å². The maximum Gasteiger partial charge on any atom is 0.238 e. The van der Waals surface area contributed by atoms with Crippen molar-refractivity contribution in [2.24, 2.45) is 5.92 Å². The Morgan fingerprint density at radius 1 is 1.13 bits per heavy atom. The van der Waals surface area contributed by atoms with E-state index in [0.717, 1.165) is 54.0 Å². The van der Waals surface area contributed by atoms with Crippen molar-refractivity contribution in [2.45, 2.75) is 50.7 Å². The van der Waals surface area contributed by atoms with Gasteiger partial charge in [-0.05, 0) is 56.0 Å². The average Bonchev–Trinajstić information content (AvgIpc) is 3.23. The second kappa shape index (κ2) is 8.17. The fourth-order valence-corrected chi connectivity index (χ4v) is 5.48. The van der Waals surface area contributed by atoms with Crippen LogP contribution in [0.25, 0.3) is 0 Å². The third kappa shape index (κ3) is 4.02. The number of aliphatic hydroxyl groups is 1. The standard InChI is InChI=1S/C25H30N2O4/c1-17-5-8-19(9-6-17)26-23(28)15-27-13-12-25(29)11-3-2-4-20(25)24(27)18-7-10-21-22(14-18)31-16-30-21/h5-10,14,20,24,29H,2-4,11-13,15-16H2,1H3,(H,26,28)/t20-,24-,25-/m0/s1. The fraction of sp³-hybridized carbons (Fsp3) is 0.480. The first kappa shape index (κ1) is 20.3. The topological polar surface area (TPSA) is 71.0 Å². The van der Waals surface area contributed by atoms with Gasteiger partial charge in [-0.15, -0.1) is 0 Å². The predicted octanol–water partition coefficient (Wildman–Crippen LogP) is 4.03. The van der Waals surface area contributed by atoms with Gasteiger partial charge in [-0.3, -0.25) is 9.69 Å². The Morgan fingerprint density at radius 2 is 1.94 bits per heavy atom. The molecule has 2 N–H and O–H groups in total. The first-order chi connectivity index (χ1) is 15.0. The molecule has 0 aromatic heterocycles. The lowest BCUT2D eigenvalue weighted by Crippen LogP contribution is -2.56. The molecule has 31 heavy (non-hydrogen) atoms. The lowest BCUT2D eigenvalue weighted by atomic mass is 9.66. The Kier molecular flexibility index (Phi) is 5.36. The minimum Gasteiger partial charge on any atom is -0.454 e. The molecule has 3 atom stereocenters. The Labute approximate surface area is 183 Å². The van der Waals surface area contributed by atoms with Crippen LogP contribution in [-0.4, -0.2) is 41.4 Å². The first-order valence-electron chi connectivity index (χ1n) is 11.2. The lowest BCUT2D eigenvalue weighted by molar-refractivity contribution is -0.135. The van der Waals surface area contributed by atoms with Crippen molar-refractivity contribution < 1.29 is 19.4 Å². The molecule has 0 radical (unpaired) electrons. The van der Waals surface area contributed by atoms with Crippen molar-refractivity contribution >= 4 is 11.6 Å². The quantitative estimate of drug-likeness (QED) is 0.779. The normalized spacial score (nSPS) is 27.5. The predicted molar refractivity (Wildman–Crippen MR) is 118 cm³/mol. The molecule has 6 heteroatoms. The van der Waals surface area contributed by atoms with E-state index < -0.39 is 5.60 Å². The van der Waals surface area contributed by atoms with E-state index in [9.17, 15) is 9.90 Å². The highest BCUT2D eigenvalue weighted by Gasteiger charge is 2.49. The van der Waals surface area contributed by atoms with Crippen LogP contribution in [0.5, 0.6) is 11.5 Å². The van der Waals surface area contributed by atoms with Gasteiger partial charge in [0.2, 0.25) is 12.7 Å². The van der Waals surface area contributed by atoms with Gasteiger partial charge in [0.1, 0.15) is 0 Å². The Balaban J connectivity index is 1.40. The molecule has 164 valence electrons. The molecular formula is C25H30N2O4. The number of aryl methyl sites for hydroxylation is 1. The summed E-state index contributed by atoms with van der Waals surface area (Å²) in [5.41, 5.74) is 2.38. The number of anilines is 1. The summed E-state index contributed by atoms with van der Waals surface area (Å²) in [4.78, 5) is 15.1. The summed E-state index contributed by atoms with van der Waals surface area (Å²) < 4.78 is 11.1. The van der Waals surface area contributed by atoms with E-state index in [4.69, 9.17) is 9.47 Å². The van der Waals surface area contributed by atoms with Crippen LogP contribution in [0.15, 0.2) is 42.5 Å². The number of amides is 1. The van der Waals surface area contributed by atoms with Gasteiger partial charge in [0.25, 0.3) is 0 Å². The number of nitrogens with one attached hydrogen (secondary N) is 1. The van der Waals surface area contributed by atoms with Crippen molar-refractivity contribution in [1.82, 2.24) is 4.90 Å². The van der Waals surface area contributed by atoms with Gasteiger partial charge < -0.3 is 19.9 Å². The second-order valence-electron chi connectivity index (χ2n) is 9.15. The number of piperidine rings is 1. The van der Waals surface area contributed by atoms with Crippen molar-refractivity contribution in [2.75, 3.05) is 25.2 Å². The number of nitrogens with zero attached hydrogens (tertiary/aromatic N) is 1. The molecule has 6 nitrogen and oxygen atoms in total. The highest BCUT2D eigenvalue weighted by Crippen LogP contribution is 2.50. The molecule has 1 aliphatic carbocycles. The number of ether oxygens (including phenoxy) is 2. The van der Waals surface area contributed by atoms with E-state index in [1.807, 2.05) is 43.3 Å². The van der Waals surface area contributed by atoms with Crippen LogP contribution in [0.3, 0.4) is 0 Å². The summed E-state index contributed by atoms with van der Waals surface area (Å²) in [6.45, 7) is 3.24. The fourth-order valence-electron chi connectivity index (χ4n) is 5.48. The van der Waals surface area contributed by atoms with Gasteiger partial charge in [0.05, 0.1) is 12.1 Å². The number of fused-ring (bicyclic) bond motifs is 2. The van der Waals surface area contributed by atoms with Crippen LogP contribution in [0.1, 0.15) is 49.3 Å². The highest BCUT2D eigenvalue weighted by atomic mass is 16.7. The molecule has 2 aromatic carbocycles. The lowest BCUT2D eigenvalue weighted by Gasteiger charge is -2.52. The third-order valence-electron chi connectivity index (χ3n) is 7.09. The van der Waals surface area contributed by atoms with Crippen LogP contribution in [-0.2, 0) is 4.79 Å². The highest BCUT2D eigenvalue weighted by molar-refractivity contribution is 5.92. The van der Waals surface area contributed by atoms with Gasteiger partial charge >= 0.3 is 0 Å². The molecule has 1 saturated carbocycles. The SMILES string of the molecule is Cc1ccc(NC(=O)CN2CC[C@@]3(O)CCCC[C@H]3[C@@H]2c2ccc3c(c2)OCO3)cc1. The van der Waals surface area contributed by atoms with Gasteiger partial charge in [-0.1, -0.05) is 36.6 Å². The third-order valence-corrected chi connectivity index (χ3v) is 7.09. The van der Waals surface area contributed by atoms with Gasteiger partial charge in [0, 0.05) is 24.2 Å². The summed E-state index contributed by atoms with van der Waals surface area (Å²) in [7, 11) is 0. The van der Waals surface area contributed by atoms with E-state index >= 15 is 0 Å². The van der Waals surface area contributed by atoms with Crippen LogP contribution in [0, 0.1) is 12.8 Å². The summed E-state index contributed by atoms with van der Waals surface area (Å²) in [5, 5.41) is 14.5. The molecule has 0 bridgehead atoms. The van der Waals surface area contributed by atoms with Crippen molar-refractivity contribution in [3.63, 3.8) is 0 Å². The maximum absolute atomic E-state index is 12.9. The van der Waals surface area contributed by atoms with Gasteiger partial charge in [-0.2, -0.15) is 0 Å². The number of hydrogen-bond acceptors (Lipinski definition) is 5. The number of carbonyl (C=O) groups excluding carboxylic acids is 1. The molecule has 3 aliphatic rings. The molecule has 1 saturated heterocycles. The molecule has 0 unspecified atom stereocenters. The molecular weight excluding hydrogens is 392 g/mol. The largest absolute Gasteiger partial charge is 0.454 e. The Bertz CT molecular complexity index is 960. The number of hydrogen-bond donors (Lipinski definition) is 2. The zero-order valence-electron chi connectivity index (χ0n) is 18.0. The summed E-state index contributed by atoms with van der Waals surface area (Å²) in [6, 6.07) is 13.8. The van der Waals surface area contributed by atoms with Crippen molar-refractivity contribution in [1.29, 1.82) is 0 Å². The molecule has 0 spiro atoms. The molecule has 2 heterocycles. The number of likely N-dealkylation sites (tertiary alicyclic amines) is 1. The zero-order valence-corrected chi connectivity index (χ0v) is 18.0. The summed E-state index contributed by atoms with van der Waals surface area (Å²) >= 11 is 0. The smallest absolute Gasteiger partial charge is 0.238 e. The van der Waals surface area contributed by atoms with Crippen LogP contribution in [0.4, 0.5) is 5.69 Å². The number of rotatable bonds is 4. The van der Waals surface area contributed by atoms with E-state index in [1.165, 1.54) is 0 Å². The van der Waals surface area contributed by atoms with E-state index in [0.29, 0.717) is 19.5 Å². The average molecular weight is 423 g/mol. The monoisotopic (exact) mass is 422 g/mol. The van der Waals surface area contributed by atoms with Crippen LogP contribution in [0.2, 0.25) is 0 Å². The van der Waals surface area contributed by atoms with E-state index in [-0.39, 0.29) is 24.7 Å². The number of carbonyl (C=O) groups is 1. The molecule has 2 aromatic rings. The maximum atomic E-state index is 12.9. The Hall–Kier alpha value is -2.57. The van der Waals surface area contributed by atoms with E-state index in [1.54, 1.807) is 0 Å². The summed E-state index contributed by atoms with van der Waals surface area (Å²) in [5.74, 6) is 1.56. The molecule has 2 aliphatic heterocycles. The van der Waals surface area contributed by atoms with Crippen LogP contribution < -0.4 is 14.8 Å². The second-order valence-corrected chi connectivity index (χ2v) is 9.15.